The SMILES string of the molecule is COc1cccc([C@@H](CO)NC(=O)[C@@H](C)N2Cc3ncc(-c4nc(CC(C)C)ncc4Cl)cc3C2=O)c1. The van der Waals surface area contributed by atoms with Gasteiger partial charge in [-0.05, 0) is 36.6 Å². The number of benzene rings is 1. The molecular weight excluding hydrogens is 494 g/mol. The summed E-state index contributed by atoms with van der Waals surface area (Å²) in [4.78, 5) is 41.2. The van der Waals surface area contributed by atoms with Crippen molar-refractivity contribution in [2.24, 2.45) is 5.92 Å². The Bertz CT molecular complexity index is 1320. The minimum atomic E-state index is -0.787. The van der Waals surface area contributed by atoms with Crippen molar-refractivity contribution in [1.29, 1.82) is 0 Å². The molecule has 1 aliphatic rings. The van der Waals surface area contributed by atoms with Crippen molar-refractivity contribution in [2.45, 2.75) is 45.8 Å². The summed E-state index contributed by atoms with van der Waals surface area (Å²) in [5.74, 6) is 0.972. The Morgan fingerprint density at radius 1 is 1.22 bits per heavy atom. The van der Waals surface area contributed by atoms with Gasteiger partial charge in [-0.3, -0.25) is 14.6 Å². The van der Waals surface area contributed by atoms with Crippen LogP contribution in [0.4, 0.5) is 0 Å². The molecule has 0 spiro atoms. The molecule has 9 nitrogen and oxygen atoms in total. The predicted octanol–water partition coefficient (Wildman–Crippen LogP) is 3.59. The number of aliphatic hydroxyl groups excluding tert-OH is 1. The van der Waals surface area contributed by atoms with E-state index in [1.54, 1.807) is 56.8 Å². The molecule has 37 heavy (non-hydrogen) atoms. The molecule has 0 unspecified atom stereocenters. The zero-order valence-electron chi connectivity index (χ0n) is 21.2. The molecule has 4 rings (SSSR count). The van der Waals surface area contributed by atoms with E-state index in [-0.39, 0.29) is 25.0 Å². The van der Waals surface area contributed by atoms with Gasteiger partial charge in [0.25, 0.3) is 5.91 Å². The minimum Gasteiger partial charge on any atom is -0.497 e. The summed E-state index contributed by atoms with van der Waals surface area (Å²) in [6, 6.07) is 7.39. The second-order valence-electron chi connectivity index (χ2n) is 9.43. The lowest BCUT2D eigenvalue weighted by Crippen LogP contribution is -2.46. The lowest BCUT2D eigenvalue weighted by atomic mass is 10.1. The maximum Gasteiger partial charge on any atom is 0.256 e. The van der Waals surface area contributed by atoms with Crippen LogP contribution in [0.1, 0.15) is 54.3 Å². The number of carbonyl (C=O) groups excluding carboxylic acids is 2. The molecule has 0 bridgehead atoms. The molecule has 1 aliphatic heterocycles. The Balaban J connectivity index is 1.52. The van der Waals surface area contributed by atoms with Crippen molar-refractivity contribution in [3.8, 4) is 17.0 Å². The third kappa shape index (κ3) is 5.73. The zero-order valence-corrected chi connectivity index (χ0v) is 22.0. The number of pyridine rings is 1. The fourth-order valence-electron chi connectivity index (χ4n) is 4.23. The molecule has 10 heteroatoms. The number of aliphatic hydroxyl groups is 1. The Hall–Kier alpha value is -3.56. The first kappa shape index (κ1) is 26.5. The molecule has 0 aliphatic carbocycles. The number of fused-ring (bicyclic) bond motifs is 1. The molecule has 194 valence electrons. The van der Waals surface area contributed by atoms with E-state index in [0.29, 0.717) is 57.0 Å². The highest BCUT2D eigenvalue weighted by Gasteiger charge is 2.36. The van der Waals surface area contributed by atoms with Gasteiger partial charge in [0, 0.05) is 24.4 Å². The second kappa shape index (κ2) is 11.2. The molecule has 3 heterocycles. The fraction of sp³-hybridized carbons (Fsp3) is 0.370. The molecule has 2 amide bonds. The molecule has 0 saturated heterocycles. The average Bonchev–Trinajstić information content (AvgIpc) is 3.23. The Labute approximate surface area is 220 Å². The van der Waals surface area contributed by atoms with E-state index in [1.807, 2.05) is 0 Å². The maximum absolute atomic E-state index is 13.3. The standard InChI is InChI=1S/C27H30ClN5O4/c1-15(2)8-24-30-12-21(28)25(32-24)18-10-20-22(29-11-18)13-33(27(20)36)16(3)26(35)31-23(14-34)17-6-5-7-19(9-17)37-4/h5-7,9-12,15-16,23,34H,8,13-14H2,1-4H3,(H,31,35)/t16-,23-/m1/s1. The number of nitrogens with zero attached hydrogens (tertiary/aromatic N) is 4. The van der Waals surface area contributed by atoms with Gasteiger partial charge in [0.2, 0.25) is 5.91 Å². The van der Waals surface area contributed by atoms with Crippen LogP contribution in [0.3, 0.4) is 0 Å². The number of hydrogen-bond donors (Lipinski definition) is 2. The van der Waals surface area contributed by atoms with Crippen molar-refractivity contribution >= 4 is 23.4 Å². The van der Waals surface area contributed by atoms with Crippen molar-refractivity contribution < 1.29 is 19.4 Å². The van der Waals surface area contributed by atoms with E-state index in [1.165, 1.54) is 4.90 Å². The summed E-state index contributed by atoms with van der Waals surface area (Å²) < 4.78 is 5.23. The van der Waals surface area contributed by atoms with E-state index in [4.69, 9.17) is 16.3 Å². The van der Waals surface area contributed by atoms with Crippen LogP contribution < -0.4 is 10.1 Å². The van der Waals surface area contributed by atoms with Gasteiger partial charge in [-0.2, -0.15) is 0 Å². The predicted molar refractivity (Wildman–Crippen MR) is 139 cm³/mol. The van der Waals surface area contributed by atoms with Crippen molar-refractivity contribution in [2.75, 3.05) is 13.7 Å². The molecule has 0 fully saturated rings. The van der Waals surface area contributed by atoms with Gasteiger partial charge < -0.3 is 20.1 Å². The molecular formula is C27H30ClN5O4. The summed E-state index contributed by atoms with van der Waals surface area (Å²) in [5.41, 5.74) is 2.81. The van der Waals surface area contributed by atoms with E-state index < -0.39 is 12.1 Å². The number of nitrogens with one attached hydrogen (secondary N) is 1. The number of hydrogen-bond acceptors (Lipinski definition) is 7. The van der Waals surface area contributed by atoms with Gasteiger partial charge in [-0.15, -0.1) is 0 Å². The Morgan fingerprint density at radius 3 is 2.70 bits per heavy atom. The number of rotatable bonds is 9. The minimum absolute atomic E-state index is 0.197. The molecule has 0 radical (unpaired) electrons. The number of methoxy groups -OCH3 is 1. The quantitative estimate of drug-likeness (QED) is 0.440. The smallest absolute Gasteiger partial charge is 0.256 e. The van der Waals surface area contributed by atoms with Crippen molar-refractivity contribution in [3.63, 3.8) is 0 Å². The summed E-state index contributed by atoms with van der Waals surface area (Å²) in [7, 11) is 1.55. The van der Waals surface area contributed by atoms with E-state index >= 15 is 0 Å². The Kier molecular flexibility index (Phi) is 8.04. The first-order chi connectivity index (χ1) is 17.7. The normalized spacial score (nSPS) is 14.5. The summed E-state index contributed by atoms with van der Waals surface area (Å²) in [5, 5.41) is 13.1. The van der Waals surface area contributed by atoms with Crippen LogP contribution in [0.5, 0.6) is 5.75 Å². The van der Waals surface area contributed by atoms with Crippen LogP contribution in [0, 0.1) is 5.92 Å². The van der Waals surface area contributed by atoms with E-state index in [0.717, 1.165) is 0 Å². The van der Waals surface area contributed by atoms with Crippen molar-refractivity contribution in [1.82, 2.24) is 25.2 Å². The largest absolute Gasteiger partial charge is 0.497 e. The van der Waals surface area contributed by atoms with E-state index in [2.05, 4.69) is 34.1 Å². The number of ether oxygens (including phenoxy) is 1. The van der Waals surface area contributed by atoms with Gasteiger partial charge in [0.05, 0.1) is 48.3 Å². The number of amides is 2. The van der Waals surface area contributed by atoms with Crippen LogP contribution in [-0.4, -0.2) is 56.5 Å². The molecule has 3 aromatic rings. The van der Waals surface area contributed by atoms with E-state index in [9.17, 15) is 14.7 Å². The molecule has 2 aromatic heterocycles. The average molecular weight is 524 g/mol. The van der Waals surface area contributed by atoms with Gasteiger partial charge in [-0.25, -0.2) is 9.97 Å². The number of halogens is 1. The molecule has 0 saturated carbocycles. The van der Waals surface area contributed by atoms with Crippen LogP contribution in [0.15, 0.2) is 42.7 Å². The summed E-state index contributed by atoms with van der Waals surface area (Å²) in [6.45, 7) is 5.71. The van der Waals surface area contributed by atoms with Gasteiger partial charge >= 0.3 is 0 Å². The summed E-state index contributed by atoms with van der Waals surface area (Å²) in [6.07, 6.45) is 3.90. The first-order valence-corrected chi connectivity index (χ1v) is 12.5. The first-order valence-electron chi connectivity index (χ1n) is 12.1. The Morgan fingerprint density at radius 2 is 2.00 bits per heavy atom. The lowest BCUT2D eigenvalue weighted by Gasteiger charge is -2.26. The third-order valence-corrected chi connectivity index (χ3v) is 6.56. The molecule has 2 atom stereocenters. The number of carbonyl (C=O) groups is 2. The van der Waals surface area contributed by atoms with Crippen LogP contribution in [-0.2, 0) is 17.8 Å². The second-order valence-corrected chi connectivity index (χ2v) is 9.84. The monoisotopic (exact) mass is 523 g/mol. The highest BCUT2D eigenvalue weighted by atomic mass is 35.5. The zero-order chi connectivity index (χ0) is 26.7. The third-order valence-electron chi connectivity index (χ3n) is 6.28. The highest BCUT2D eigenvalue weighted by Crippen LogP contribution is 2.31. The topological polar surface area (TPSA) is 118 Å². The summed E-state index contributed by atoms with van der Waals surface area (Å²) >= 11 is 6.38. The van der Waals surface area contributed by atoms with Gasteiger partial charge in [-0.1, -0.05) is 37.6 Å². The van der Waals surface area contributed by atoms with Crippen molar-refractivity contribution in [3.05, 3.63) is 70.4 Å². The van der Waals surface area contributed by atoms with Gasteiger partial charge in [0.15, 0.2) is 0 Å². The van der Waals surface area contributed by atoms with Gasteiger partial charge in [0.1, 0.15) is 17.6 Å². The van der Waals surface area contributed by atoms with Crippen LogP contribution in [0.2, 0.25) is 5.02 Å². The maximum atomic E-state index is 13.3. The highest BCUT2D eigenvalue weighted by molar-refractivity contribution is 6.32. The molecule has 2 N–H and O–H groups in total. The van der Waals surface area contributed by atoms with Crippen LogP contribution >= 0.6 is 11.6 Å². The number of aromatic nitrogens is 3. The van der Waals surface area contributed by atoms with Crippen LogP contribution in [0.25, 0.3) is 11.3 Å². The molecule has 1 aromatic carbocycles. The fourth-order valence-corrected chi connectivity index (χ4v) is 4.43. The lowest BCUT2D eigenvalue weighted by molar-refractivity contribution is -0.126.